The number of halogens is 1. The number of hydrogen-bond donors (Lipinski definition) is 1. The van der Waals surface area contributed by atoms with Crippen molar-refractivity contribution in [1.82, 2.24) is 4.90 Å². The summed E-state index contributed by atoms with van der Waals surface area (Å²) in [6, 6.07) is 4.25. The number of rotatable bonds is 6. The molecule has 1 aromatic carbocycles. The topological polar surface area (TPSA) is 84.9 Å². The lowest BCUT2D eigenvalue weighted by molar-refractivity contribution is -0.118. The molecule has 0 unspecified atom stereocenters. The van der Waals surface area contributed by atoms with Crippen molar-refractivity contribution >= 4 is 31.3 Å². The molecule has 0 bridgehead atoms. The molecular weight excluding hydrogens is 344 g/mol. The average Bonchev–Trinajstić information content (AvgIpc) is 2.47. The summed E-state index contributed by atoms with van der Waals surface area (Å²) in [6.07, 6.45) is 0. The van der Waals surface area contributed by atoms with Gasteiger partial charge in [-0.25, -0.2) is 8.42 Å². The highest BCUT2D eigenvalue weighted by atomic mass is 35.7. The molecular formula is C14H19ClN2O5S. The van der Waals surface area contributed by atoms with Crippen LogP contribution in [0.2, 0.25) is 0 Å². The second kappa shape index (κ2) is 7.96. The van der Waals surface area contributed by atoms with Crippen LogP contribution in [0.25, 0.3) is 0 Å². The van der Waals surface area contributed by atoms with Crippen molar-refractivity contribution in [2.75, 3.05) is 44.8 Å². The molecule has 0 aliphatic carbocycles. The zero-order valence-corrected chi connectivity index (χ0v) is 14.3. The van der Waals surface area contributed by atoms with Gasteiger partial charge in [-0.3, -0.25) is 9.69 Å². The second-order valence-electron chi connectivity index (χ2n) is 4.97. The van der Waals surface area contributed by atoms with Gasteiger partial charge in [-0.2, -0.15) is 0 Å². The third kappa shape index (κ3) is 5.35. The molecule has 0 aromatic heterocycles. The first-order valence-electron chi connectivity index (χ1n) is 7.21. The molecule has 1 N–H and O–H groups in total. The van der Waals surface area contributed by atoms with Crippen LogP contribution < -0.4 is 10.1 Å². The van der Waals surface area contributed by atoms with E-state index in [4.69, 9.17) is 20.2 Å². The van der Waals surface area contributed by atoms with Gasteiger partial charge in [0.05, 0.1) is 26.4 Å². The number of carbonyl (C=O) groups is 1. The van der Waals surface area contributed by atoms with E-state index in [-0.39, 0.29) is 29.7 Å². The van der Waals surface area contributed by atoms with E-state index >= 15 is 0 Å². The van der Waals surface area contributed by atoms with Gasteiger partial charge in [-0.05, 0) is 19.1 Å². The summed E-state index contributed by atoms with van der Waals surface area (Å²) >= 11 is 0. The maximum absolute atomic E-state index is 12.1. The minimum Gasteiger partial charge on any atom is -0.492 e. The summed E-state index contributed by atoms with van der Waals surface area (Å²) in [5.41, 5.74) is 0.454. The van der Waals surface area contributed by atoms with Crippen LogP contribution in [-0.4, -0.2) is 58.7 Å². The molecule has 0 radical (unpaired) electrons. The van der Waals surface area contributed by atoms with Crippen molar-refractivity contribution in [3.05, 3.63) is 18.2 Å². The van der Waals surface area contributed by atoms with Crippen molar-refractivity contribution in [3.8, 4) is 5.75 Å². The lowest BCUT2D eigenvalue weighted by Gasteiger charge is -2.25. The monoisotopic (exact) mass is 362 g/mol. The van der Waals surface area contributed by atoms with Crippen LogP contribution in [0.4, 0.5) is 5.69 Å². The zero-order valence-electron chi connectivity index (χ0n) is 12.7. The summed E-state index contributed by atoms with van der Waals surface area (Å²) in [4.78, 5) is 13.9. The quantitative estimate of drug-likeness (QED) is 0.767. The van der Waals surface area contributed by atoms with Crippen molar-refractivity contribution in [2.45, 2.75) is 11.8 Å². The van der Waals surface area contributed by atoms with Crippen LogP contribution in [0.15, 0.2) is 23.1 Å². The smallest absolute Gasteiger partial charge is 0.264 e. The minimum absolute atomic E-state index is 0.117. The lowest BCUT2D eigenvalue weighted by atomic mass is 10.3. The van der Waals surface area contributed by atoms with E-state index in [1.54, 1.807) is 6.92 Å². The fraction of sp³-hybridized carbons (Fsp3) is 0.500. The van der Waals surface area contributed by atoms with E-state index in [0.29, 0.717) is 32.0 Å². The Balaban J connectivity index is 2.07. The Hall–Kier alpha value is -1.35. The van der Waals surface area contributed by atoms with Gasteiger partial charge in [0.2, 0.25) is 5.91 Å². The van der Waals surface area contributed by atoms with E-state index in [1.165, 1.54) is 18.2 Å². The zero-order chi connectivity index (χ0) is 16.9. The number of nitrogens with one attached hydrogen (secondary N) is 1. The van der Waals surface area contributed by atoms with Gasteiger partial charge >= 0.3 is 0 Å². The van der Waals surface area contributed by atoms with E-state index in [2.05, 4.69) is 5.32 Å². The molecule has 1 saturated heterocycles. The highest BCUT2D eigenvalue weighted by Gasteiger charge is 2.19. The van der Waals surface area contributed by atoms with E-state index in [9.17, 15) is 13.2 Å². The number of ether oxygens (including phenoxy) is 2. The van der Waals surface area contributed by atoms with Gasteiger partial charge in [0.15, 0.2) is 0 Å². The maximum atomic E-state index is 12.1. The Labute approximate surface area is 139 Å². The number of morpholine rings is 1. The Kier molecular flexibility index (Phi) is 6.23. The molecule has 0 atom stereocenters. The van der Waals surface area contributed by atoms with Crippen LogP contribution in [0.3, 0.4) is 0 Å². The molecule has 128 valence electrons. The first-order valence-corrected chi connectivity index (χ1v) is 9.52. The molecule has 0 saturated carbocycles. The molecule has 1 amide bonds. The summed E-state index contributed by atoms with van der Waals surface area (Å²) in [5, 5.41) is 2.73. The Morgan fingerprint density at radius 3 is 2.70 bits per heavy atom. The summed E-state index contributed by atoms with van der Waals surface area (Å²) < 4.78 is 33.5. The Morgan fingerprint density at radius 2 is 2.09 bits per heavy atom. The third-order valence-electron chi connectivity index (χ3n) is 3.26. The normalized spacial score (nSPS) is 16.1. The predicted molar refractivity (Wildman–Crippen MR) is 86.5 cm³/mol. The summed E-state index contributed by atoms with van der Waals surface area (Å²) in [5.74, 6) is -0.0671. The van der Waals surface area contributed by atoms with Crippen LogP contribution in [0.5, 0.6) is 5.75 Å². The molecule has 2 rings (SSSR count). The highest BCUT2D eigenvalue weighted by molar-refractivity contribution is 8.13. The maximum Gasteiger partial charge on any atom is 0.264 e. The van der Waals surface area contributed by atoms with Gasteiger partial charge in [0, 0.05) is 35.5 Å². The van der Waals surface area contributed by atoms with Gasteiger partial charge < -0.3 is 14.8 Å². The molecule has 23 heavy (non-hydrogen) atoms. The number of benzene rings is 1. The van der Waals surface area contributed by atoms with Crippen LogP contribution >= 0.6 is 10.7 Å². The second-order valence-corrected chi connectivity index (χ2v) is 7.50. The number of nitrogens with zero attached hydrogens (tertiary/aromatic N) is 1. The van der Waals surface area contributed by atoms with Gasteiger partial charge in [0.25, 0.3) is 9.05 Å². The van der Waals surface area contributed by atoms with Crippen molar-refractivity contribution in [3.63, 3.8) is 0 Å². The molecule has 1 aliphatic heterocycles. The van der Waals surface area contributed by atoms with Crippen LogP contribution in [0.1, 0.15) is 6.92 Å². The fourth-order valence-electron chi connectivity index (χ4n) is 2.22. The average molecular weight is 363 g/mol. The lowest BCUT2D eigenvalue weighted by Crippen LogP contribution is -2.41. The van der Waals surface area contributed by atoms with Crippen molar-refractivity contribution < 1.29 is 22.7 Å². The van der Waals surface area contributed by atoms with Gasteiger partial charge in [0.1, 0.15) is 10.6 Å². The standard InChI is InChI=1S/C14H19ClN2O5S/c1-2-22-12-9-11(3-4-13(12)23(15,19)20)16-14(18)10-17-5-7-21-8-6-17/h3-4,9H,2,5-8,10H2,1H3,(H,16,18). The number of carbonyl (C=O) groups excluding carboxylic acids is 1. The van der Waals surface area contributed by atoms with Crippen LogP contribution in [0, 0.1) is 0 Å². The van der Waals surface area contributed by atoms with E-state index in [1.807, 2.05) is 4.90 Å². The molecule has 1 aromatic rings. The SMILES string of the molecule is CCOc1cc(NC(=O)CN2CCOCC2)ccc1S(=O)(=O)Cl. The number of hydrogen-bond acceptors (Lipinski definition) is 6. The summed E-state index contributed by atoms with van der Waals surface area (Å²) in [7, 11) is 1.46. The van der Waals surface area contributed by atoms with E-state index < -0.39 is 9.05 Å². The fourth-order valence-corrected chi connectivity index (χ4v) is 3.19. The van der Waals surface area contributed by atoms with Gasteiger partial charge in [-0.15, -0.1) is 0 Å². The Bertz CT molecular complexity index is 659. The first kappa shape index (κ1) is 18.0. The highest BCUT2D eigenvalue weighted by Crippen LogP contribution is 2.30. The minimum atomic E-state index is -3.91. The molecule has 1 fully saturated rings. The third-order valence-corrected chi connectivity index (χ3v) is 4.62. The van der Waals surface area contributed by atoms with E-state index in [0.717, 1.165) is 0 Å². The van der Waals surface area contributed by atoms with Crippen LogP contribution in [-0.2, 0) is 18.6 Å². The summed E-state index contributed by atoms with van der Waals surface area (Å²) in [6.45, 7) is 4.91. The van der Waals surface area contributed by atoms with Crippen molar-refractivity contribution in [1.29, 1.82) is 0 Å². The number of amides is 1. The Morgan fingerprint density at radius 1 is 1.39 bits per heavy atom. The molecule has 1 heterocycles. The molecule has 1 aliphatic rings. The predicted octanol–water partition coefficient (Wildman–Crippen LogP) is 1.28. The molecule has 9 heteroatoms. The number of anilines is 1. The first-order chi connectivity index (χ1) is 10.9. The molecule has 0 spiro atoms. The largest absolute Gasteiger partial charge is 0.492 e. The van der Waals surface area contributed by atoms with Crippen molar-refractivity contribution in [2.24, 2.45) is 0 Å². The van der Waals surface area contributed by atoms with Gasteiger partial charge in [-0.1, -0.05) is 0 Å². The molecule has 7 nitrogen and oxygen atoms in total.